The van der Waals surface area contributed by atoms with Gasteiger partial charge in [-0.2, -0.15) is 0 Å². The fraction of sp³-hybridized carbons (Fsp3) is 0.429. The average molecular weight is 424 g/mol. The lowest BCUT2D eigenvalue weighted by Crippen LogP contribution is -2.41. The minimum atomic E-state index is -0.280. The molecular weight excluding hydrogens is 402 g/mol. The van der Waals surface area contributed by atoms with E-state index in [2.05, 4.69) is 32.0 Å². The number of carbonyl (C=O) groups is 1. The topological polar surface area (TPSA) is 115 Å². The highest BCUT2D eigenvalue weighted by molar-refractivity contribution is 6.34. The van der Waals surface area contributed by atoms with Gasteiger partial charge in [-0.15, -0.1) is 0 Å². The number of pyridine rings is 1. The van der Waals surface area contributed by atoms with E-state index < -0.39 is 0 Å². The number of aryl methyl sites for hydroxylation is 2. The number of nitrogens with two attached hydrogens (primary N) is 1. The molecule has 0 aromatic carbocycles. The lowest BCUT2D eigenvalue weighted by atomic mass is 9.88. The number of aromatic nitrogens is 5. The molecule has 8 nitrogen and oxygen atoms in total. The first kappa shape index (κ1) is 17.9. The zero-order valence-corrected chi connectivity index (χ0v) is 17.1. The molecule has 3 aromatic rings. The Labute approximate surface area is 177 Å². The number of hydrogen-bond donors (Lipinski definition) is 3. The fourth-order valence-corrected chi connectivity index (χ4v) is 5.48. The summed E-state index contributed by atoms with van der Waals surface area (Å²) in [6.07, 6.45) is 12.2. The van der Waals surface area contributed by atoms with E-state index in [4.69, 9.17) is 27.3 Å². The molecule has 1 aliphatic heterocycles. The Morgan fingerprint density at radius 1 is 1.27 bits per heavy atom. The molecule has 2 aliphatic carbocycles. The van der Waals surface area contributed by atoms with Crippen molar-refractivity contribution in [2.45, 2.75) is 38.3 Å². The second kappa shape index (κ2) is 6.57. The second-order valence-corrected chi connectivity index (χ2v) is 8.91. The maximum absolute atomic E-state index is 12.1. The Bertz CT molecular complexity index is 1170. The van der Waals surface area contributed by atoms with Crippen LogP contribution in [-0.2, 0) is 17.8 Å². The van der Waals surface area contributed by atoms with Crippen molar-refractivity contribution in [3.63, 3.8) is 0 Å². The molecule has 9 heteroatoms. The number of allylic oxidation sites excluding steroid dienone is 1. The van der Waals surface area contributed by atoms with Crippen LogP contribution in [0.5, 0.6) is 0 Å². The molecule has 3 aromatic heterocycles. The molecule has 30 heavy (non-hydrogen) atoms. The highest BCUT2D eigenvalue weighted by atomic mass is 35.5. The molecule has 1 saturated carbocycles. The number of anilines is 1. The summed E-state index contributed by atoms with van der Waals surface area (Å²) in [5.74, 6) is 1.68. The largest absolute Gasteiger partial charge is 0.378 e. The number of imidazole rings is 2. The summed E-state index contributed by atoms with van der Waals surface area (Å²) < 4.78 is 2.20. The van der Waals surface area contributed by atoms with Gasteiger partial charge in [-0.1, -0.05) is 23.8 Å². The number of primary amides is 1. The molecule has 154 valence electrons. The zero-order chi connectivity index (χ0) is 20.4. The molecule has 2 bridgehead atoms. The lowest BCUT2D eigenvalue weighted by molar-refractivity contribution is -0.122. The van der Waals surface area contributed by atoms with E-state index >= 15 is 0 Å². The molecular formula is C21H22ClN7O. The molecule has 0 radical (unpaired) electrons. The summed E-state index contributed by atoms with van der Waals surface area (Å²) in [5, 5.41) is 3.97. The first-order valence-corrected chi connectivity index (χ1v) is 10.8. The van der Waals surface area contributed by atoms with Crippen LogP contribution in [0.2, 0.25) is 5.02 Å². The normalized spacial score (nSPS) is 27.0. The molecule has 4 N–H and O–H groups in total. The predicted molar refractivity (Wildman–Crippen MR) is 114 cm³/mol. The second-order valence-electron chi connectivity index (χ2n) is 8.50. The van der Waals surface area contributed by atoms with E-state index in [1.165, 1.54) is 12.8 Å². The van der Waals surface area contributed by atoms with Crippen molar-refractivity contribution >= 4 is 34.4 Å². The number of hydrogen-bond acceptors (Lipinski definition) is 5. The van der Waals surface area contributed by atoms with Gasteiger partial charge in [0.15, 0.2) is 11.5 Å². The van der Waals surface area contributed by atoms with Gasteiger partial charge in [0.2, 0.25) is 5.91 Å². The zero-order valence-electron chi connectivity index (χ0n) is 16.3. The van der Waals surface area contributed by atoms with Gasteiger partial charge in [0.05, 0.1) is 22.8 Å². The quantitative estimate of drug-likeness (QED) is 0.558. The summed E-state index contributed by atoms with van der Waals surface area (Å²) in [7, 11) is 0. The number of halogens is 1. The van der Waals surface area contributed by atoms with E-state index in [0.29, 0.717) is 27.7 Å². The highest BCUT2D eigenvalue weighted by Crippen LogP contribution is 2.46. The smallest absolute Gasteiger partial charge is 0.223 e. The van der Waals surface area contributed by atoms with Crippen molar-refractivity contribution in [2.75, 3.05) is 5.32 Å². The van der Waals surface area contributed by atoms with Gasteiger partial charge in [0, 0.05) is 25.2 Å². The average Bonchev–Trinajstić information content (AvgIpc) is 3.51. The highest BCUT2D eigenvalue weighted by Gasteiger charge is 2.47. The molecule has 0 saturated heterocycles. The van der Waals surface area contributed by atoms with Crippen molar-refractivity contribution < 1.29 is 4.79 Å². The Morgan fingerprint density at radius 3 is 2.97 bits per heavy atom. The molecule has 1 amide bonds. The molecule has 4 heterocycles. The van der Waals surface area contributed by atoms with Crippen LogP contribution < -0.4 is 11.1 Å². The maximum atomic E-state index is 12.1. The molecule has 3 aliphatic rings. The summed E-state index contributed by atoms with van der Waals surface area (Å²) in [6.45, 7) is 0.992. The van der Waals surface area contributed by atoms with E-state index in [9.17, 15) is 4.79 Å². The van der Waals surface area contributed by atoms with Gasteiger partial charge < -0.3 is 20.6 Å². The third kappa shape index (κ3) is 2.66. The van der Waals surface area contributed by atoms with Crippen LogP contribution in [0.15, 0.2) is 24.5 Å². The number of H-pyrrole nitrogens is 1. The summed E-state index contributed by atoms with van der Waals surface area (Å²) in [4.78, 5) is 29.3. The van der Waals surface area contributed by atoms with Gasteiger partial charge in [-0.3, -0.25) is 4.79 Å². The van der Waals surface area contributed by atoms with Crippen LogP contribution in [0.25, 0.3) is 22.7 Å². The molecule has 0 unspecified atom stereocenters. The third-order valence-corrected chi connectivity index (χ3v) is 7.00. The van der Waals surface area contributed by atoms with Crippen molar-refractivity contribution in [1.29, 1.82) is 0 Å². The first-order chi connectivity index (χ1) is 14.6. The van der Waals surface area contributed by atoms with Crippen LogP contribution in [0, 0.1) is 17.8 Å². The summed E-state index contributed by atoms with van der Waals surface area (Å²) in [6, 6.07) is -0.0966. The van der Waals surface area contributed by atoms with Crippen molar-refractivity contribution in [1.82, 2.24) is 24.5 Å². The summed E-state index contributed by atoms with van der Waals surface area (Å²) in [5.41, 5.74) is 8.50. The van der Waals surface area contributed by atoms with E-state index in [0.717, 1.165) is 30.9 Å². The number of amides is 1. The Morgan fingerprint density at radius 2 is 2.13 bits per heavy atom. The number of aromatic amines is 1. The Balaban J connectivity index is 1.39. The van der Waals surface area contributed by atoms with Gasteiger partial charge in [0.1, 0.15) is 17.0 Å². The third-order valence-electron chi connectivity index (χ3n) is 6.72. The van der Waals surface area contributed by atoms with Crippen LogP contribution in [0.4, 0.5) is 5.69 Å². The monoisotopic (exact) mass is 423 g/mol. The number of nitrogens with zero attached hydrogens (tertiary/aromatic N) is 4. The fourth-order valence-electron chi connectivity index (χ4n) is 5.29. The van der Waals surface area contributed by atoms with E-state index in [1.54, 1.807) is 6.20 Å². The Kier molecular flexibility index (Phi) is 3.93. The Hall–Kier alpha value is -2.87. The SMILES string of the molecule is NC(=O)[C@@H]1[C@H](Nc2c(Cl)cnc3[nH]c(-c4cn5c(n4)CCCC5)nc23)[C@H]2C=C[C@@H]1C2. The van der Waals surface area contributed by atoms with Crippen molar-refractivity contribution in [2.24, 2.45) is 23.5 Å². The maximum Gasteiger partial charge on any atom is 0.223 e. The van der Waals surface area contributed by atoms with Crippen molar-refractivity contribution in [3.05, 3.63) is 35.4 Å². The molecule has 1 fully saturated rings. The van der Waals surface area contributed by atoms with Crippen LogP contribution >= 0.6 is 11.6 Å². The molecule has 6 rings (SSSR count). The van der Waals surface area contributed by atoms with E-state index in [-0.39, 0.29) is 29.7 Å². The predicted octanol–water partition coefficient (Wildman–Crippen LogP) is 2.90. The first-order valence-electron chi connectivity index (χ1n) is 10.4. The number of fused-ring (bicyclic) bond motifs is 4. The van der Waals surface area contributed by atoms with Crippen LogP contribution in [0.3, 0.4) is 0 Å². The molecule has 0 spiro atoms. The van der Waals surface area contributed by atoms with Gasteiger partial charge in [-0.05, 0) is 31.1 Å². The minimum Gasteiger partial charge on any atom is -0.378 e. The number of rotatable bonds is 4. The van der Waals surface area contributed by atoms with Gasteiger partial charge >= 0.3 is 0 Å². The lowest BCUT2D eigenvalue weighted by Gasteiger charge is -2.27. The van der Waals surface area contributed by atoms with Gasteiger partial charge in [0.25, 0.3) is 0 Å². The molecule has 4 atom stereocenters. The van der Waals surface area contributed by atoms with Crippen molar-refractivity contribution in [3.8, 4) is 11.5 Å². The van der Waals surface area contributed by atoms with E-state index in [1.807, 2.05) is 6.20 Å². The van der Waals surface area contributed by atoms with Crippen LogP contribution in [-0.4, -0.2) is 36.5 Å². The number of carbonyl (C=O) groups excluding carboxylic acids is 1. The summed E-state index contributed by atoms with van der Waals surface area (Å²) >= 11 is 6.52. The standard InChI is InChI=1S/C21H22ClN7O/c22-12-8-24-21-18(17(12)26-16-11-5-4-10(7-11)15(16)19(23)30)27-20(28-21)13-9-29-6-2-1-3-14(29)25-13/h4-5,8-11,15-16H,1-3,6-7H2,(H2,23,30)(H2,24,26,27,28)/t10-,11+,15+,16-/m1/s1. The minimum absolute atomic E-state index is 0.0966. The van der Waals surface area contributed by atoms with Crippen LogP contribution in [0.1, 0.15) is 25.1 Å². The van der Waals surface area contributed by atoms with Gasteiger partial charge in [-0.25, -0.2) is 15.0 Å². The number of nitrogens with one attached hydrogen (secondary N) is 2.